The van der Waals surface area contributed by atoms with Crippen LogP contribution in [0.1, 0.15) is 105 Å². The van der Waals surface area contributed by atoms with E-state index in [4.69, 9.17) is 14.5 Å². The summed E-state index contributed by atoms with van der Waals surface area (Å²) in [4.78, 5) is 4.81. The van der Waals surface area contributed by atoms with Gasteiger partial charge in [0.25, 0.3) is 0 Å². The summed E-state index contributed by atoms with van der Waals surface area (Å²) < 4.78 is 44.4. The Kier molecular flexibility index (Phi) is 14.1. The maximum Gasteiger partial charge on any atom is 0.235 e. The van der Waals surface area contributed by atoms with Gasteiger partial charge in [-0.2, -0.15) is 0 Å². The molecule has 3 aromatic heterocycles. The zero-order chi connectivity index (χ0) is 39.2. The number of aromatic amines is 2. The first-order valence-electron chi connectivity index (χ1n) is 19.9. The minimum atomic E-state index is -1.96. The van der Waals surface area contributed by atoms with E-state index >= 15 is 8.78 Å². The molecule has 3 heterocycles. The predicted octanol–water partition coefficient (Wildman–Crippen LogP) is 9.70. The van der Waals surface area contributed by atoms with Crippen LogP contribution >= 0.6 is 11.8 Å². The van der Waals surface area contributed by atoms with E-state index < -0.39 is 11.7 Å². The molecule has 298 valence electrons. The highest BCUT2D eigenvalue weighted by Crippen LogP contribution is 2.41. The average molecular weight is 794 g/mol. The minimum Gasteiger partial charge on any atom is -0.334 e. The van der Waals surface area contributed by atoms with Crippen LogP contribution in [0.25, 0.3) is 11.1 Å². The van der Waals surface area contributed by atoms with Crippen molar-refractivity contribution in [3.05, 3.63) is 131 Å². The molecule has 57 heavy (non-hydrogen) atoms. The summed E-state index contributed by atoms with van der Waals surface area (Å²) >= 11 is 1.89. The topological polar surface area (TPSA) is 140 Å². The number of hydrogen-bond acceptors (Lipinski definition) is 10. The molecule has 1 aliphatic carbocycles. The zero-order valence-electron chi connectivity index (χ0n) is 32.0. The number of ether oxygens (including phenoxy) is 2. The summed E-state index contributed by atoms with van der Waals surface area (Å²) in [6.45, 7) is -0.110. The molecule has 14 heteroatoms. The first-order valence-corrected chi connectivity index (χ1v) is 20.8. The molecule has 1 fully saturated rings. The van der Waals surface area contributed by atoms with E-state index in [0.717, 1.165) is 49.1 Å². The second kappa shape index (κ2) is 20.0. The highest BCUT2D eigenvalue weighted by Gasteiger charge is 2.34. The highest BCUT2D eigenvalue weighted by molar-refractivity contribution is 8.00. The van der Waals surface area contributed by atoms with Crippen molar-refractivity contribution in [3.8, 4) is 11.1 Å². The summed E-state index contributed by atoms with van der Waals surface area (Å²) in [5.41, 5.74) is 5.78. The van der Waals surface area contributed by atoms with E-state index in [9.17, 15) is 0 Å². The Balaban J connectivity index is 0.990. The Morgan fingerprint density at radius 3 is 1.67 bits per heavy atom. The number of aromatic nitrogens is 9. The number of tetrazole rings is 2. The summed E-state index contributed by atoms with van der Waals surface area (Å²) in [6.07, 6.45) is 12.5. The van der Waals surface area contributed by atoms with Crippen LogP contribution in [-0.2, 0) is 47.2 Å². The Labute approximate surface area is 336 Å². The van der Waals surface area contributed by atoms with Crippen molar-refractivity contribution in [1.29, 1.82) is 0 Å². The lowest BCUT2D eigenvalue weighted by molar-refractivity contribution is -0.170. The standard InChI is InChI=1S/C43H49F2N9O2S/c44-42(35-17-7-1-8-18-35,55-30-39-47-51-52-48-39)24-11-3-5-15-32-27-33(29-34(28-32)38-23-14-26-46-41(38)57-37-21-13-22-37)16-6-4-12-25-43(45,36-19-9-2-10-20-36)56-31-40-49-53-54-50-40/h1-2,7-10,14,17-20,23,26-29,37H,3-6,11-13,15-16,21-22,24-25,30-31H2,(H,47,48,51,52)(H,49,50,53,54). The van der Waals surface area contributed by atoms with Crippen LogP contribution in [0, 0.1) is 0 Å². The van der Waals surface area contributed by atoms with E-state index in [2.05, 4.69) is 65.5 Å². The smallest absolute Gasteiger partial charge is 0.235 e. The van der Waals surface area contributed by atoms with Gasteiger partial charge in [-0.3, -0.25) is 0 Å². The van der Waals surface area contributed by atoms with Gasteiger partial charge in [0.15, 0.2) is 11.6 Å². The van der Waals surface area contributed by atoms with Crippen molar-refractivity contribution in [2.75, 3.05) is 0 Å². The van der Waals surface area contributed by atoms with Crippen molar-refractivity contribution in [3.63, 3.8) is 0 Å². The number of alkyl halides is 2. The van der Waals surface area contributed by atoms with Gasteiger partial charge in [0.05, 0.1) is 0 Å². The number of hydrogen-bond donors (Lipinski definition) is 2. The van der Waals surface area contributed by atoms with E-state index in [1.165, 1.54) is 36.0 Å². The fourth-order valence-corrected chi connectivity index (χ4v) is 8.41. The molecule has 0 amide bonds. The van der Waals surface area contributed by atoms with Gasteiger partial charge in [-0.15, -0.1) is 22.0 Å². The van der Waals surface area contributed by atoms with Crippen LogP contribution in [0.15, 0.2) is 102 Å². The predicted molar refractivity (Wildman–Crippen MR) is 214 cm³/mol. The van der Waals surface area contributed by atoms with Gasteiger partial charge in [-0.25, -0.2) is 24.0 Å². The Morgan fingerprint density at radius 2 is 1.19 bits per heavy atom. The van der Waals surface area contributed by atoms with E-state index in [0.29, 0.717) is 40.9 Å². The summed E-state index contributed by atoms with van der Waals surface area (Å²) in [6, 6.07) is 29.1. The molecule has 2 N–H and O–H groups in total. The monoisotopic (exact) mass is 793 g/mol. The Morgan fingerprint density at radius 1 is 0.649 bits per heavy atom. The highest BCUT2D eigenvalue weighted by atomic mass is 32.2. The fourth-order valence-electron chi connectivity index (χ4n) is 7.09. The SMILES string of the molecule is FC(CCCCCc1cc(CCCCCC(F)(OCc2nnn[nH]2)c2ccccc2)cc(-c2cccnc2SC2CCC2)c1)(OCc1nnn[nH]1)c1ccccc1. The molecule has 0 bridgehead atoms. The van der Waals surface area contributed by atoms with E-state index in [-0.39, 0.29) is 26.1 Å². The second-order valence-electron chi connectivity index (χ2n) is 14.6. The summed E-state index contributed by atoms with van der Waals surface area (Å²) in [7, 11) is 0. The molecular weight excluding hydrogens is 745 g/mol. The van der Waals surface area contributed by atoms with E-state index in [1.807, 2.05) is 60.4 Å². The number of unbranched alkanes of at least 4 members (excludes halogenated alkanes) is 4. The first kappa shape index (κ1) is 40.3. The van der Waals surface area contributed by atoms with Crippen LogP contribution < -0.4 is 0 Å². The van der Waals surface area contributed by atoms with Crippen molar-refractivity contribution in [2.24, 2.45) is 0 Å². The molecule has 0 spiro atoms. The molecule has 7 rings (SSSR count). The molecule has 11 nitrogen and oxygen atoms in total. The minimum absolute atomic E-state index is 0.0552. The fraction of sp³-hybridized carbons (Fsp3) is 0.419. The number of pyridine rings is 1. The van der Waals surface area contributed by atoms with Crippen molar-refractivity contribution in [1.82, 2.24) is 46.2 Å². The lowest BCUT2D eigenvalue weighted by atomic mass is 9.94. The van der Waals surface area contributed by atoms with Gasteiger partial charge >= 0.3 is 0 Å². The average Bonchev–Trinajstić information content (AvgIpc) is 3.97. The Hall–Kier alpha value is -4.92. The van der Waals surface area contributed by atoms with Gasteiger partial charge in [-0.05, 0) is 95.0 Å². The van der Waals surface area contributed by atoms with Crippen LogP contribution in [0.2, 0.25) is 0 Å². The second-order valence-corrected chi connectivity index (χ2v) is 15.9. The van der Waals surface area contributed by atoms with Crippen molar-refractivity contribution in [2.45, 2.75) is 119 Å². The molecule has 0 aliphatic heterocycles. The van der Waals surface area contributed by atoms with Gasteiger partial charge in [0.1, 0.15) is 18.2 Å². The number of nitrogens with zero attached hydrogens (tertiary/aromatic N) is 7. The normalized spacial score (nSPS) is 15.2. The molecule has 2 atom stereocenters. The van der Waals surface area contributed by atoms with Crippen LogP contribution in [0.3, 0.4) is 0 Å². The quantitative estimate of drug-likeness (QED) is 0.0603. The summed E-state index contributed by atoms with van der Waals surface area (Å²) in [5.74, 6) is -3.17. The molecular formula is C43H49F2N9O2S. The van der Waals surface area contributed by atoms with E-state index in [1.54, 1.807) is 24.3 Å². The van der Waals surface area contributed by atoms with Crippen LogP contribution in [-0.4, -0.2) is 51.5 Å². The number of benzene rings is 3. The molecule has 1 aliphatic rings. The number of thioether (sulfide) groups is 1. The third kappa shape index (κ3) is 11.4. The van der Waals surface area contributed by atoms with Gasteiger partial charge in [0, 0.05) is 41.0 Å². The summed E-state index contributed by atoms with van der Waals surface area (Å²) in [5, 5.41) is 28.9. The van der Waals surface area contributed by atoms with Gasteiger partial charge in [-0.1, -0.05) is 104 Å². The molecule has 0 radical (unpaired) electrons. The first-order chi connectivity index (χ1) is 28.0. The number of aryl methyl sites for hydroxylation is 2. The number of halogens is 2. The Bertz CT molecular complexity index is 1960. The number of H-pyrrole nitrogens is 2. The molecule has 3 aromatic carbocycles. The van der Waals surface area contributed by atoms with Crippen LogP contribution in [0.4, 0.5) is 8.78 Å². The van der Waals surface area contributed by atoms with Crippen LogP contribution in [0.5, 0.6) is 0 Å². The molecule has 6 aromatic rings. The third-order valence-corrected chi connectivity index (χ3v) is 11.8. The third-order valence-electron chi connectivity index (χ3n) is 10.5. The zero-order valence-corrected chi connectivity index (χ0v) is 32.8. The lowest BCUT2D eigenvalue weighted by Gasteiger charge is -2.26. The van der Waals surface area contributed by atoms with Crippen molar-refractivity contribution < 1.29 is 18.3 Å². The largest absolute Gasteiger partial charge is 0.334 e. The molecule has 0 saturated heterocycles. The van der Waals surface area contributed by atoms with Gasteiger partial charge < -0.3 is 9.47 Å². The van der Waals surface area contributed by atoms with Gasteiger partial charge in [0.2, 0.25) is 11.7 Å². The maximum absolute atomic E-state index is 16.4. The van der Waals surface area contributed by atoms with Crippen molar-refractivity contribution >= 4 is 11.8 Å². The molecule has 2 unspecified atom stereocenters. The number of rotatable bonds is 23. The lowest BCUT2D eigenvalue weighted by Crippen LogP contribution is -2.24. The maximum atomic E-state index is 16.4. The molecule has 1 saturated carbocycles. The number of nitrogens with one attached hydrogen (secondary N) is 2.